The van der Waals surface area contributed by atoms with Gasteiger partial charge in [-0.05, 0) is 35.6 Å². The normalized spacial score (nSPS) is 24.7. The van der Waals surface area contributed by atoms with Crippen LogP contribution in [0.1, 0.15) is 33.1 Å². The van der Waals surface area contributed by atoms with Crippen LogP contribution in [0.15, 0.2) is 5.16 Å². The van der Waals surface area contributed by atoms with Crippen LogP contribution in [0.3, 0.4) is 0 Å². The standard InChI is InChI=1S/C11H20N4OS/c1-8(2)7-15-11(12-13-14-15)17-10-6-4-5-9(10)16-3/h8-10H,4-7H2,1-3H3/t9-,10+/m0/s1. The molecule has 0 aliphatic heterocycles. The predicted octanol–water partition coefficient (Wildman–Crippen LogP) is 1.99. The van der Waals surface area contributed by atoms with Gasteiger partial charge < -0.3 is 4.74 Å². The van der Waals surface area contributed by atoms with Crippen molar-refractivity contribution in [3.05, 3.63) is 0 Å². The zero-order chi connectivity index (χ0) is 12.3. The molecular weight excluding hydrogens is 236 g/mol. The average Bonchev–Trinajstić information content (AvgIpc) is 2.88. The molecule has 5 nitrogen and oxygen atoms in total. The molecule has 1 aromatic heterocycles. The lowest BCUT2D eigenvalue weighted by Crippen LogP contribution is -2.19. The quantitative estimate of drug-likeness (QED) is 0.806. The summed E-state index contributed by atoms with van der Waals surface area (Å²) in [6.07, 6.45) is 3.93. The smallest absolute Gasteiger partial charge is 0.209 e. The number of thioether (sulfide) groups is 1. The molecular formula is C11H20N4OS. The highest BCUT2D eigenvalue weighted by atomic mass is 32.2. The summed E-state index contributed by atoms with van der Waals surface area (Å²) in [6.45, 7) is 5.22. The Labute approximate surface area is 106 Å². The Balaban J connectivity index is 2.00. The predicted molar refractivity (Wildman–Crippen MR) is 66.9 cm³/mol. The van der Waals surface area contributed by atoms with Gasteiger partial charge in [-0.2, -0.15) is 0 Å². The fourth-order valence-corrected chi connectivity index (χ4v) is 3.44. The number of methoxy groups -OCH3 is 1. The molecule has 0 radical (unpaired) electrons. The molecule has 2 rings (SSSR count). The third-order valence-corrected chi connectivity index (χ3v) is 4.33. The van der Waals surface area contributed by atoms with Crippen LogP contribution in [-0.4, -0.2) is 38.7 Å². The topological polar surface area (TPSA) is 52.8 Å². The fourth-order valence-electron chi connectivity index (χ4n) is 2.17. The number of hydrogen-bond acceptors (Lipinski definition) is 5. The van der Waals surface area contributed by atoms with Crippen molar-refractivity contribution < 1.29 is 4.74 Å². The largest absolute Gasteiger partial charge is 0.380 e. The van der Waals surface area contributed by atoms with Crippen LogP contribution >= 0.6 is 11.8 Å². The molecule has 1 fully saturated rings. The number of aromatic nitrogens is 4. The van der Waals surface area contributed by atoms with E-state index in [1.54, 1.807) is 18.9 Å². The van der Waals surface area contributed by atoms with Crippen LogP contribution < -0.4 is 0 Å². The second-order valence-electron chi connectivity index (χ2n) is 4.90. The van der Waals surface area contributed by atoms with Gasteiger partial charge in [0.15, 0.2) is 0 Å². The number of nitrogens with zero attached hydrogens (tertiary/aromatic N) is 4. The average molecular weight is 256 g/mol. The van der Waals surface area contributed by atoms with Gasteiger partial charge >= 0.3 is 0 Å². The Morgan fingerprint density at radius 3 is 3.00 bits per heavy atom. The van der Waals surface area contributed by atoms with E-state index in [-0.39, 0.29) is 0 Å². The van der Waals surface area contributed by atoms with Crippen LogP contribution in [0.2, 0.25) is 0 Å². The second-order valence-corrected chi connectivity index (χ2v) is 6.11. The zero-order valence-electron chi connectivity index (χ0n) is 10.7. The van der Waals surface area contributed by atoms with Gasteiger partial charge in [0, 0.05) is 18.9 Å². The van der Waals surface area contributed by atoms with Crippen molar-refractivity contribution in [1.29, 1.82) is 0 Å². The summed E-state index contributed by atoms with van der Waals surface area (Å²) < 4.78 is 7.40. The van der Waals surface area contributed by atoms with E-state index in [2.05, 4.69) is 29.4 Å². The summed E-state index contributed by atoms with van der Waals surface area (Å²) in [4.78, 5) is 0. The summed E-state index contributed by atoms with van der Waals surface area (Å²) in [5.74, 6) is 0.555. The molecule has 0 aromatic carbocycles. The molecule has 17 heavy (non-hydrogen) atoms. The molecule has 1 heterocycles. The minimum absolute atomic E-state index is 0.351. The van der Waals surface area contributed by atoms with E-state index in [4.69, 9.17) is 4.74 Å². The van der Waals surface area contributed by atoms with Crippen molar-refractivity contribution in [2.75, 3.05) is 7.11 Å². The van der Waals surface area contributed by atoms with E-state index in [0.29, 0.717) is 17.3 Å². The van der Waals surface area contributed by atoms with E-state index >= 15 is 0 Å². The monoisotopic (exact) mass is 256 g/mol. The molecule has 0 amide bonds. The van der Waals surface area contributed by atoms with Crippen LogP contribution in [0.25, 0.3) is 0 Å². The first-order chi connectivity index (χ1) is 8.20. The number of rotatable bonds is 5. The Kier molecular flexibility index (Phi) is 4.39. The van der Waals surface area contributed by atoms with Gasteiger partial charge in [-0.25, -0.2) is 4.68 Å². The van der Waals surface area contributed by atoms with Crippen molar-refractivity contribution in [2.45, 2.75) is 56.2 Å². The molecule has 96 valence electrons. The van der Waals surface area contributed by atoms with Gasteiger partial charge in [0.25, 0.3) is 0 Å². The van der Waals surface area contributed by atoms with Crippen LogP contribution in [0.5, 0.6) is 0 Å². The highest BCUT2D eigenvalue weighted by molar-refractivity contribution is 7.99. The molecule has 6 heteroatoms. The maximum absolute atomic E-state index is 5.49. The van der Waals surface area contributed by atoms with Crippen LogP contribution in [-0.2, 0) is 11.3 Å². The van der Waals surface area contributed by atoms with E-state index in [0.717, 1.165) is 18.1 Å². The number of tetrazole rings is 1. The molecule has 1 aliphatic carbocycles. The van der Waals surface area contributed by atoms with Gasteiger partial charge in [-0.3, -0.25) is 0 Å². The first-order valence-corrected chi connectivity index (χ1v) is 7.04. The molecule has 1 aromatic rings. The second kappa shape index (κ2) is 5.82. The zero-order valence-corrected chi connectivity index (χ0v) is 11.5. The highest BCUT2D eigenvalue weighted by Gasteiger charge is 2.29. The maximum Gasteiger partial charge on any atom is 0.209 e. The fraction of sp³-hybridized carbons (Fsp3) is 0.909. The van der Waals surface area contributed by atoms with Crippen molar-refractivity contribution in [3.63, 3.8) is 0 Å². The summed E-state index contributed by atoms with van der Waals surface area (Å²) >= 11 is 1.76. The number of hydrogen-bond donors (Lipinski definition) is 0. The SMILES string of the molecule is CO[C@H]1CCC[C@H]1Sc1nnnn1CC(C)C. The Hall–Kier alpha value is -0.620. The number of ether oxygens (including phenoxy) is 1. The maximum atomic E-state index is 5.49. The van der Waals surface area contributed by atoms with Crippen LogP contribution in [0, 0.1) is 5.92 Å². The van der Waals surface area contributed by atoms with Crippen molar-refractivity contribution in [1.82, 2.24) is 20.2 Å². The third-order valence-electron chi connectivity index (χ3n) is 2.99. The minimum Gasteiger partial charge on any atom is -0.380 e. The van der Waals surface area contributed by atoms with Gasteiger partial charge in [0.05, 0.1) is 6.10 Å². The molecule has 1 aliphatic rings. The molecule has 2 atom stereocenters. The van der Waals surface area contributed by atoms with Gasteiger partial charge in [0.2, 0.25) is 5.16 Å². The van der Waals surface area contributed by atoms with Crippen molar-refractivity contribution >= 4 is 11.8 Å². The molecule has 0 N–H and O–H groups in total. The highest BCUT2D eigenvalue weighted by Crippen LogP contribution is 2.35. The van der Waals surface area contributed by atoms with Crippen molar-refractivity contribution in [2.24, 2.45) is 5.92 Å². The lowest BCUT2D eigenvalue weighted by molar-refractivity contribution is 0.113. The van der Waals surface area contributed by atoms with E-state index in [1.807, 2.05) is 4.68 Å². The molecule has 0 unspecified atom stereocenters. The summed E-state index contributed by atoms with van der Waals surface area (Å²) in [7, 11) is 1.79. The van der Waals surface area contributed by atoms with Gasteiger partial charge in [0.1, 0.15) is 0 Å². The van der Waals surface area contributed by atoms with E-state index in [1.165, 1.54) is 12.8 Å². The summed E-state index contributed by atoms with van der Waals surface area (Å²) in [6, 6.07) is 0. The molecule has 0 spiro atoms. The Morgan fingerprint density at radius 1 is 1.47 bits per heavy atom. The van der Waals surface area contributed by atoms with E-state index < -0.39 is 0 Å². The summed E-state index contributed by atoms with van der Waals surface area (Å²) in [5.41, 5.74) is 0. The van der Waals surface area contributed by atoms with Crippen molar-refractivity contribution in [3.8, 4) is 0 Å². The third kappa shape index (κ3) is 3.19. The first-order valence-electron chi connectivity index (χ1n) is 6.16. The lowest BCUT2D eigenvalue weighted by Gasteiger charge is -2.17. The minimum atomic E-state index is 0.351. The van der Waals surface area contributed by atoms with E-state index in [9.17, 15) is 0 Å². The van der Waals surface area contributed by atoms with Gasteiger partial charge in [-0.1, -0.05) is 25.6 Å². The Bertz CT molecular complexity index is 355. The lowest BCUT2D eigenvalue weighted by atomic mass is 10.2. The molecule has 0 bridgehead atoms. The first kappa shape index (κ1) is 12.8. The summed E-state index contributed by atoms with van der Waals surface area (Å²) in [5, 5.41) is 13.3. The molecule has 1 saturated carbocycles. The molecule has 0 saturated heterocycles. The van der Waals surface area contributed by atoms with Gasteiger partial charge in [-0.15, -0.1) is 5.10 Å². The Morgan fingerprint density at radius 2 is 2.29 bits per heavy atom. The van der Waals surface area contributed by atoms with Crippen LogP contribution in [0.4, 0.5) is 0 Å².